The molecule has 2 rings (SSSR count). The molecule has 0 saturated heterocycles. The Bertz CT molecular complexity index is 529. The molecule has 0 spiro atoms. The van der Waals surface area contributed by atoms with Gasteiger partial charge in [0.2, 0.25) is 0 Å². The molecule has 21 heavy (non-hydrogen) atoms. The van der Waals surface area contributed by atoms with Gasteiger partial charge in [-0.3, -0.25) is 4.68 Å². The fraction of sp³-hybridized carbons (Fsp3) is 0.357. The first-order chi connectivity index (χ1) is 10.2. The maximum Gasteiger partial charge on any atom is 0.156 e. The van der Waals surface area contributed by atoms with Crippen molar-refractivity contribution < 1.29 is 9.84 Å². The fourth-order valence-corrected chi connectivity index (χ4v) is 2.26. The third-order valence-corrected chi connectivity index (χ3v) is 3.39. The number of benzene rings is 1. The second-order valence-corrected chi connectivity index (χ2v) is 5.30. The van der Waals surface area contributed by atoms with E-state index in [9.17, 15) is 5.11 Å². The van der Waals surface area contributed by atoms with Crippen LogP contribution < -0.4 is 10.1 Å². The molecule has 114 valence electrons. The van der Waals surface area contributed by atoms with Crippen LogP contribution in [0.2, 0.25) is 10.0 Å². The van der Waals surface area contributed by atoms with E-state index in [2.05, 4.69) is 10.4 Å². The first-order valence-corrected chi connectivity index (χ1v) is 7.35. The molecule has 5 nitrogen and oxygen atoms in total. The Labute approximate surface area is 133 Å². The Hall–Kier alpha value is -1.27. The van der Waals surface area contributed by atoms with Crippen LogP contribution in [0.15, 0.2) is 36.7 Å². The first-order valence-electron chi connectivity index (χ1n) is 6.60. The van der Waals surface area contributed by atoms with Gasteiger partial charge in [0.25, 0.3) is 0 Å². The molecule has 2 aromatic rings. The summed E-state index contributed by atoms with van der Waals surface area (Å²) < 4.78 is 7.28. The Morgan fingerprint density at radius 3 is 2.71 bits per heavy atom. The number of hydrogen-bond acceptors (Lipinski definition) is 4. The van der Waals surface area contributed by atoms with Crippen molar-refractivity contribution in [2.45, 2.75) is 12.6 Å². The molecular weight excluding hydrogens is 313 g/mol. The van der Waals surface area contributed by atoms with Crippen LogP contribution in [0.25, 0.3) is 0 Å². The van der Waals surface area contributed by atoms with Crippen LogP contribution in [-0.4, -0.2) is 40.7 Å². The standard InChI is InChI=1S/C14H17Cl2N3O2/c15-12-3-1-4-13(16)14(12)21-10-11(20)9-17-6-8-19-7-2-5-18-19/h1-5,7,11,17,20H,6,8-10H2/t11-/m1/s1. The maximum atomic E-state index is 9.85. The number of hydrogen-bond donors (Lipinski definition) is 2. The van der Waals surface area contributed by atoms with Gasteiger partial charge in [-0.1, -0.05) is 29.3 Å². The largest absolute Gasteiger partial charge is 0.488 e. The van der Waals surface area contributed by atoms with Gasteiger partial charge in [-0.05, 0) is 18.2 Å². The summed E-state index contributed by atoms with van der Waals surface area (Å²) >= 11 is 12.0. The average Bonchev–Trinajstić information content (AvgIpc) is 2.96. The van der Waals surface area contributed by atoms with Crippen molar-refractivity contribution in [3.63, 3.8) is 0 Å². The lowest BCUT2D eigenvalue weighted by molar-refractivity contribution is 0.106. The van der Waals surface area contributed by atoms with Crippen LogP contribution in [0.3, 0.4) is 0 Å². The van der Waals surface area contributed by atoms with Crippen LogP contribution in [0.4, 0.5) is 0 Å². The molecule has 0 amide bonds. The van der Waals surface area contributed by atoms with E-state index in [4.69, 9.17) is 27.9 Å². The average molecular weight is 330 g/mol. The molecule has 7 heteroatoms. The second kappa shape index (κ2) is 8.24. The fourth-order valence-electron chi connectivity index (χ4n) is 1.75. The predicted octanol–water partition coefficient (Wildman–Crippen LogP) is 2.22. The summed E-state index contributed by atoms with van der Waals surface area (Å²) in [4.78, 5) is 0. The second-order valence-electron chi connectivity index (χ2n) is 4.49. The molecule has 0 aliphatic carbocycles. The number of halogens is 2. The number of rotatable bonds is 8. The van der Waals surface area contributed by atoms with Crippen molar-refractivity contribution in [3.05, 3.63) is 46.7 Å². The summed E-state index contributed by atoms with van der Waals surface area (Å²) in [5, 5.41) is 17.9. The molecule has 2 N–H and O–H groups in total. The van der Waals surface area contributed by atoms with Crippen LogP contribution in [-0.2, 0) is 6.54 Å². The number of nitrogens with zero attached hydrogens (tertiary/aromatic N) is 2. The Kier molecular flexibility index (Phi) is 6.32. The summed E-state index contributed by atoms with van der Waals surface area (Å²) in [6.45, 7) is 2.00. The molecular formula is C14H17Cl2N3O2. The summed E-state index contributed by atoms with van der Waals surface area (Å²) in [6, 6.07) is 7.00. The molecule has 1 aromatic heterocycles. The summed E-state index contributed by atoms with van der Waals surface area (Å²) in [5.41, 5.74) is 0. The zero-order valence-corrected chi connectivity index (χ0v) is 12.9. The van der Waals surface area contributed by atoms with Gasteiger partial charge in [-0.25, -0.2) is 0 Å². The number of para-hydroxylation sites is 1. The number of nitrogens with one attached hydrogen (secondary N) is 1. The molecule has 0 radical (unpaired) electrons. The third-order valence-electron chi connectivity index (χ3n) is 2.80. The Balaban J connectivity index is 1.66. The minimum absolute atomic E-state index is 0.123. The van der Waals surface area contributed by atoms with Crippen molar-refractivity contribution in [1.29, 1.82) is 0 Å². The molecule has 1 heterocycles. The predicted molar refractivity (Wildman–Crippen MR) is 83.1 cm³/mol. The highest BCUT2D eigenvalue weighted by molar-refractivity contribution is 6.37. The lowest BCUT2D eigenvalue weighted by Gasteiger charge is -2.15. The highest BCUT2D eigenvalue weighted by Gasteiger charge is 2.10. The minimum Gasteiger partial charge on any atom is -0.488 e. The van der Waals surface area contributed by atoms with E-state index in [-0.39, 0.29) is 6.61 Å². The highest BCUT2D eigenvalue weighted by atomic mass is 35.5. The first kappa shape index (κ1) is 16.1. The lowest BCUT2D eigenvalue weighted by atomic mass is 10.3. The van der Waals surface area contributed by atoms with E-state index >= 15 is 0 Å². The van der Waals surface area contributed by atoms with Crippen LogP contribution in [0.5, 0.6) is 5.75 Å². The van der Waals surface area contributed by atoms with Crippen molar-refractivity contribution in [2.24, 2.45) is 0 Å². The van der Waals surface area contributed by atoms with E-state index in [1.807, 2.05) is 16.9 Å². The number of aromatic nitrogens is 2. The number of ether oxygens (including phenoxy) is 1. The molecule has 1 atom stereocenters. The van der Waals surface area contributed by atoms with Crippen molar-refractivity contribution in [3.8, 4) is 5.75 Å². The topological polar surface area (TPSA) is 59.3 Å². The number of aliphatic hydroxyl groups is 1. The van der Waals surface area contributed by atoms with E-state index in [1.165, 1.54) is 0 Å². The van der Waals surface area contributed by atoms with Gasteiger partial charge < -0.3 is 15.2 Å². The zero-order valence-electron chi connectivity index (χ0n) is 11.4. The lowest BCUT2D eigenvalue weighted by Crippen LogP contribution is -2.33. The molecule has 0 fully saturated rings. The van der Waals surface area contributed by atoms with Gasteiger partial charge in [0, 0.05) is 25.5 Å². The molecule has 0 aliphatic heterocycles. The summed E-state index contributed by atoms with van der Waals surface area (Å²) in [6.07, 6.45) is 2.98. The van der Waals surface area contributed by atoms with E-state index in [0.29, 0.717) is 28.9 Å². The molecule has 0 bridgehead atoms. The molecule has 0 unspecified atom stereocenters. The van der Waals surface area contributed by atoms with Crippen molar-refractivity contribution in [1.82, 2.24) is 15.1 Å². The molecule has 1 aromatic carbocycles. The quantitative estimate of drug-likeness (QED) is 0.729. The number of aliphatic hydroxyl groups excluding tert-OH is 1. The van der Waals surface area contributed by atoms with Gasteiger partial charge in [-0.2, -0.15) is 5.10 Å². The van der Waals surface area contributed by atoms with Crippen molar-refractivity contribution >= 4 is 23.2 Å². The monoisotopic (exact) mass is 329 g/mol. The minimum atomic E-state index is -0.644. The Morgan fingerprint density at radius 1 is 1.29 bits per heavy atom. The molecule has 0 aliphatic rings. The smallest absolute Gasteiger partial charge is 0.156 e. The van der Waals surface area contributed by atoms with Crippen LogP contribution in [0, 0.1) is 0 Å². The van der Waals surface area contributed by atoms with Crippen LogP contribution in [0.1, 0.15) is 0 Å². The summed E-state index contributed by atoms with van der Waals surface area (Å²) in [7, 11) is 0. The highest BCUT2D eigenvalue weighted by Crippen LogP contribution is 2.32. The van der Waals surface area contributed by atoms with Crippen molar-refractivity contribution in [2.75, 3.05) is 19.7 Å². The maximum absolute atomic E-state index is 9.85. The van der Waals surface area contributed by atoms with E-state index in [0.717, 1.165) is 6.54 Å². The SMILES string of the molecule is O[C@H](CNCCn1cccn1)COc1c(Cl)cccc1Cl. The van der Waals surface area contributed by atoms with Gasteiger partial charge >= 0.3 is 0 Å². The van der Waals surface area contributed by atoms with E-state index in [1.54, 1.807) is 24.4 Å². The normalized spacial score (nSPS) is 12.3. The van der Waals surface area contributed by atoms with Gasteiger partial charge in [0.05, 0.1) is 16.6 Å². The van der Waals surface area contributed by atoms with Crippen LogP contribution >= 0.6 is 23.2 Å². The van der Waals surface area contributed by atoms with Gasteiger partial charge in [-0.15, -0.1) is 0 Å². The third kappa shape index (κ3) is 5.21. The zero-order chi connectivity index (χ0) is 15.1. The Morgan fingerprint density at radius 2 is 2.05 bits per heavy atom. The van der Waals surface area contributed by atoms with Gasteiger partial charge in [0.15, 0.2) is 5.75 Å². The molecule has 0 saturated carbocycles. The van der Waals surface area contributed by atoms with E-state index < -0.39 is 6.10 Å². The summed E-state index contributed by atoms with van der Waals surface area (Å²) in [5.74, 6) is 0.399. The van der Waals surface area contributed by atoms with Gasteiger partial charge in [0.1, 0.15) is 12.7 Å².